The maximum atomic E-state index is 12.6. The monoisotopic (exact) mass is 429 g/mol. The molecule has 1 fully saturated rings. The maximum Gasteiger partial charge on any atom is 0.263 e. The topological polar surface area (TPSA) is 84.1 Å². The standard InChI is InChI=1S/C21H24ClN5OS/c1-13-12-25-18-17(23)19(29-21(18)26-13)20(28)24-8-7-14-5-6-16(15(22)11-14)27-9-3-2-4-10-27/h5-6,11-12H,2-4,7-10,23H2,1H3,(H,24,28). The van der Waals surface area contributed by atoms with Gasteiger partial charge in [0.15, 0.2) is 0 Å². The van der Waals surface area contributed by atoms with Crippen LogP contribution in [0.1, 0.15) is 40.2 Å². The Kier molecular flexibility index (Phi) is 5.87. The largest absolute Gasteiger partial charge is 0.396 e. The number of nitrogen functional groups attached to an aromatic ring is 1. The van der Waals surface area contributed by atoms with Gasteiger partial charge in [0.05, 0.1) is 22.1 Å². The summed E-state index contributed by atoms with van der Waals surface area (Å²) in [5.41, 5.74) is 10.1. The Balaban J connectivity index is 1.38. The Morgan fingerprint density at radius 2 is 2.10 bits per heavy atom. The van der Waals surface area contributed by atoms with Crippen molar-refractivity contribution in [1.82, 2.24) is 15.3 Å². The Labute approximate surface area is 179 Å². The van der Waals surface area contributed by atoms with Crippen LogP contribution in [0, 0.1) is 6.92 Å². The number of aryl methyl sites for hydroxylation is 1. The van der Waals surface area contributed by atoms with E-state index in [1.165, 1.54) is 30.6 Å². The minimum Gasteiger partial charge on any atom is -0.396 e. The van der Waals surface area contributed by atoms with E-state index in [1.54, 1.807) is 6.20 Å². The van der Waals surface area contributed by atoms with Crippen LogP contribution in [0.5, 0.6) is 0 Å². The van der Waals surface area contributed by atoms with Crippen LogP contribution in [-0.2, 0) is 6.42 Å². The molecule has 1 amide bonds. The third-order valence-electron chi connectivity index (χ3n) is 5.17. The van der Waals surface area contributed by atoms with Crippen LogP contribution in [0.4, 0.5) is 11.4 Å². The molecule has 2 aromatic heterocycles. The van der Waals surface area contributed by atoms with Crippen molar-refractivity contribution in [2.24, 2.45) is 0 Å². The highest BCUT2D eigenvalue weighted by molar-refractivity contribution is 7.21. The summed E-state index contributed by atoms with van der Waals surface area (Å²) in [5.74, 6) is -0.194. The van der Waals surface area contributed by atoms with Gasteiger partial charge in [-0.25, -0.2) is 9.97 Å². The zero-order valence-electron chi connectivity index (χ0n) is 16.4. The average Bonchev–Trinajstić information content (AvgIpc) is 3.04. The molecular formula is C21H24ClN5OS. The number of aromatic nitrogens is 2. The van der Waals surface area contributed by atoms with Crippen molar-refractivity contribution in [2.45, 2.75) is 32.6 Å². The number of carbonyl (C=O) groups excluding carboxylic acids is 1. The molecule has 3 N–H and O–H groups in total. The summed E-state index contributed by atoms with van der Waals surface area (Å²) in [7, 11) is 0. The molecule has 1 aromatic carbocycles. The molecule has 29 heavy (non-hydrogen) atoms. The fourth-order valence-electron chi connectivity index (χ4n) is 3.64. The zero-order valence-corrected chi connectivity index (χ0v) is 17.9. The number of hydrogen-bond acceptors (Lipinski definition) is 6. The Bertz CT molecular complexity index is 1040. The van der Waals surface area contributed by atoms with Crippen LogP contribution in [0.15, 0.2) is 24.4 Å². The molecular weight excluding hydrogens is 406 g/mol. The number of anilines is 2. The van der Waals surface area contributed by atoms with Crippen LogP contribution in [0.25, 0.3) is 10.3 Å². The number of benzene rings is 1. The minimum atomic E-state index is -0.194. The number of fused-ring (bicyclic) bond motifs is 1. The van der Waals surface area contributed by atoms with Crippen LogP contribution >= 0.6 is 22.9 Å². The van der Waals surface area contributed by atoms with E-state index in [1.807, 2.05) is 13.0 Å². The molecule has 0 unspecified atom stereocenters. The lowest BCUT2D eigenvalue weighted by Crippen LogP contribution is -2.29. The Hall–Kier alpha value is -2.38. The number of thiophene rings is 1. The molecule has 3 aromatic rings. The molecule has 0 saturated carbocycles. The van der Waals surface area contributed by atoms with Crippen LogP contribution in [0.2, 0.25) is 5.02 Å². The maximum absolute atomic E-state index is 12.6. The van der Waals surface area contributed by atoms with E-state index in [4.69, 9.17) is 17.3 Å². The van der Waals surface area contributed by atoms with Gasteiger partial charge in [0.1, 0.15) is 15.2 Å². The van der Waals surface area contributed by atoms with E-state index in [0.29, 0.717) is 33.9 Å². The molecule has 8 heteroatoms. The van der Waals surface area contributed by atoms with Crippen molar-refractivity contribution < 1.29 is 4.79 Å². The molecule has 0 aliphatic carbocycles. The summed E-state index contributed by atoms with van der Waals surface area (Å²) >= 11 is 7.80. The van der Waals surface area contributed by atoms with Gasteiger partial charge >= 0.3 is 0 Å². The number of nitrogens with one attached hydrogen (secondary N) is 1. The fourth-order valence-corrected chi connectivity index (χ4v) is 4.97. The van der Waals surface area contributed by atoms with Gasteiger partial charge in [0.2, 0.25) is 0 Å². The van der Waals surface area contributed by atoms with Gasteiger partial charge in [-0.15, -0.1) is 11.3 Å². The summed E-state index contributed by atoms with van der Waals surface area (Å²) in [6.45, 7) is 4.50. The molecule has 1 aliphatic heterocycles. The van der Waals surface area contributed by atoms with Crippen molar-refractivity contribution in [2.75, 3.05) is 30.3 Å². The summed E-state index contributed by atoms with van der Waals surface area (Å²) in [5, 5.41) is 3.72. The van der Waals surface area contributed by atoms with Crippen LogP contribution in [0.3, 0.4) is 0 Å². The zero-order chi connectivity index (χ0) is 20.4. The first-order valence-corrected chi connectivity index (χ1v) is 11.1. The highest BCUT2D eigenvalue weighted by atomic mass is 35.5. The molecule has 0 radical (unpaired) electrons. The molecule has 152 valence electrons. The second-order valence-electron chi connectivity index (χ2n) is 7.35. The van der Waals surface area contributed by atoms with Crippen LogP contribution in [-0.4, -0.2) is 35.5 Å². The lowest BCUT2D eigenvalue weighted by atomic mass is 10.1. The highest BCUT2D eigenvalue weighted by Gasteiger charge is 2.18. The number of piperidine rings is 1. The number of carbonyl (C=O) groups is 1. The van der Waals surface area contributed by atoms with Crippen molar-refractivity contribution in [3.8, 4) is 0 Å². The summed E-state index contributed by atoms with van der Waals surface area (Å²) in [6, 6.07) is 6.18. The van der Waals surface area contributed by atoms with Crippen molar-refractivity contribution in [1.29, 1.82) is 0 Å². The quantitative estimate of drug-likeness (QED) is 0.635. The molecule has 6 nitrogen and oxygen atoms in total. The first-order chi connectivity index (χ1) is 14.0. The van der Waals surface area contributed by atoms with E-state index in [9.17, 15) is 4.79 Å². The smallest absolute Gasteiger partial charge is 0.263 e. The average molecular weight is 430 g/mol. The molecule has 1 saturated heterocycles. The highest BCUT2D eigenvalue weighted by Crippen LogP contribution is 2.31. The lowest BCUT2D eigenvalue weighted by molar-refractivity contribution is 0.0959. The third kappa shape index (κ3) is 4.31. The number of amides is 1. The SMILES string of the molecule is Cc1cnc2c(N)c(C(=O)NCCc3ccc(N4CCCCC4)c(Cl)c3)sc2n1. The van der Waals surface area contributed by atoms with E-state index in [-0.39, 0.29) is 5.91 Å². The normalized spacial score (nSPS) is 14.3. The summed E-state index contributed by atoms with van der Waals surface area (Å²) in [6.07, 6.45) is 6.09. The van der Waals surface area contributed by atoms with Gasteiger partial charge in [-0.1, -0.05) is 17.7 Å². The second-order valence-corrected chi connectivity index (χ2v) is 8.76. The fraction of sp³-hybridized carbons (Fsp3) is 0.381. The van der Waals surface area contributed by atoms with Crippen molar-refractivity contribution in [3.05, 3.63) is 45.6 Å². The van der Waals surface area contributed by atoms with Gasteiger partial charge < -0.3 is 16.0 Å². The number of rotatable bonds is 5. The number of nitrogens with zero attached hydrogens (tertiary/aromatic N) is 3. The van der Waals surface area contributed by atoms with Gasteiger partial charge in [-0.05, 0) is 50.3 Å². The van der Waals surface area contributed by atoms with E-state index < -0.39 is 0 Å². The van der Waals surface area contributed by atoms with E-state index in [2.05, 4.69) is 32.3 Å². The molecule has 0 bridgehead atoms. The van der Waals surface area contributed by atoms with Crippen LogP contribution < -0.4 is 16.0 Å². The lowest BCUT2D eigenvalue weighted by Gasteiger charge is -2.29. The van der Waals surface area contributed by atoms with E-state index >= 15 is 0 Å². The first-order valence-electron chi connectivity index (χ1n) is 9.86. The van der Waals surface area contributed by atoms with Crippen molar-refractivity contribution in [3.63, 3.8) is 0 Å². The number of nitrogens with two attached hydrogens (primary N) is 1. The molecule has 1 aliphatic rings. The first kappa shape index (κ1) is 19.9. The Morgan fingerprint density at radius 1 is 1.31 bits per heavy atom. The van der Waals surface area contributed by atoms with Gasteiger partial charge in [-0.3, -0.25) is 4.79 Å². The Morgan fingerprint density at radius 3 is 2.86 bits per heavy atom. The molecule has 4 rings (SSSR count). The minimum absolute atomic E-state index is 0.194. The number of halogens is 1. The van der Waals surface area contributed by atoms with E-state index in [0.717, 1.165) is 35.1 Å². The molecule has 0 spiro atoms. The predicted octanol–water partition coefficient (Wildman–Crippen LogP) is 4.20. The predicted molar refractivity (Wildman–Crippen MR) is 120 cm³/mol. The third-order valence-corrected chi connectivity index (χ3v) is 6.56. The second kappa shape index (κ2) is 8.55. The van der Waals surface area contributed by atoms with Crippen molar-refractivity contribution >= 4 is 50.6 Å². The summed E-state index contributed by atoms with van der Waals surface area (Å²) in [4.78, 5) is 24.8. The summed E-state index contributed by atoms with van der Waals surface area (Å²) < 4.78 is 0. The molecule has 0 atom stereocenters. The van der Waals surface area contributed by atoms with Gasteiger partial charge in [-0.2, -0.15) is 0 Å². The van der Waals surface area contributed by atoms with Gasteiger partial charge in [0.25, 0.3) is 5.91 Å². The molecule has 3 heterocycles. The van der Waals surface area contributed by atoms with Gasteiger partial charge in [0, 0.05) is 25.8 Å². The number of hydrogen-bond donors (Lipinski definition) is 2.